The lowest BCUT2D eigenvalue weighted by Gasteiger charge is -2.17. The summed E-state index contributed by atoms with van der Waals surface area (Å²) in [5.41, 5.74) is 7.58. The van der Waals surface area contributed by atoms with Crippen molar-refractivity contribution in [1.82, 2.24) is 4.98 Å². The molecule has 2 atom stereocenters. The zero-order valence-corrected chi connectivity index (χ0v) is 14.6. The molecule has 2 N–H and O–H groups in total. The van der Waals surface area contributed by atoms with Crippen molar-refractivity contribution in [3.8, 4) is 17.0 Å². The fourth-order valence-corrected chi connectivity index (χ4v) is 2.72. The standard InChI is InChI=1S/C17H22N2O3S/c1-5-10(2)21-16(20)11(3)22-14-8-6-13(7-9-14)15-12(4)23-17(18)19-15/h6-11H,5H2,1-4H3,(H2,18,19). The Balaban J connectivity index is 2.02. The SMILES string of the molecule is CCC(C)OC(=O)C(C)Oc1ccc(-c2nc(N)sc2C)cc1. The number of carbonyl (C=O) groups excluding carboxylic acids is 1. The first-order valence-corrected chi connectivity index (χ1v) is 8.42. The van der Waals surface area contributed by atoms with Crippen LogP contribution in [-0.4, -0.2) is 23.2 Å². The van der Waals surface area contributed by atoms with Crippen molar-refractivity contribution < 1.29 is 14.3 Å². The molecule has 0 saturated carbocycles. The van der Waals surface area contributed by atoms with E-state index in [-0.39, 0.29) is 12.1 Å². The van der Waals surface area contributed by atoms with Crippen LogP contribution in [0, 0.1) is 6.92 Å². The van der Waals surface area contributed by atoms with E-state index in [4.69, 9.17) is 15.2 Å². The molecule has 1 aromatic carbocycles. The molecule has 0 aliphatic rings. The minimum atomic E-state index is -0.647. The fourth-order valence-electron chi connectivity index (χ4n) is 2.01. The van der Waals surface area contributed by atoms with Gasteiger partial charge in [0, 0.05) is 10.4 Å². The maximum Gasteiger partial charge on any atom is 0.347 e. The molecule has 2 aromatic rings. The molecule has 0 fully saturated rings. The van der Waals surface area contributed by atoms with Crippen LogP contribution in [0.2, 0.25) is 0 Å². The van der Waals surface area contributed by atoms with Crippen molar-refractivity contribution in [3.63, 3.8) is 0 Å². The van der Waals surface area contributed by atoms with Crippen molar-refractivity contribution >= 4 is 22.4 Å². The second-order valence-electron chi connectivity index (χ2n) is 5.40. The van der Waals surface area contributed by atoms with Gasteiger partial charge in [0.15, 0.2) is 11.2 Å². The van der Waals surface area contributed by atoms with Crippen LogP contribution in [0.3, 0.4) is 0 Å². The summed E-state index contributed by atoms with van der Waals surface area (Å²) in [5.74, 6) is 0.259. The number of nitrogens with two attached hydrogens (primary N) is 1. The number of nitrogens with zero attached hydrogens (tertiary/aromatic N) is 1. The van der Waals surface area contributed by atoms with Gasteiger partial charge in [-0.1, -0.05) is 6.92 Å². The molecular weight excluding hydrogens is 312 g/mol. The van der Waals surface area contributed by atoms with Crippen molar-refractivity contribution in [1.29, 1.82) is 0 Å². The Morgan fingerprint density at radius 1 is 1.30 bits per heavy atom. The second kappa shape index (κ2) is 7.46. The van der Waals surface area contributed by atoms with Gasteiger partial charge in [-0.25, -0.2) is 9.78 Å². The van der Waals surface area contributed by atoms with Gasteiger partial charge < -0.3 is 15.2 Å². The lowest BCUT2D eigenvalue weighted by atomic mass is 10.1. The van der Waals surface area contributed by atoms with Gasteiger partial charge in [-0.05, 0) is 51.5 Å². The van der Waals surface area contributed by atoms with Gasteiger partial charge in [0.2, 0.25) is 0 Å². The molecule has 124 valence electrons. The molecule has 0 amide bonds. The highest BCUT2D eigenvalue weighted by molar-refractivity contribution is 7.15. The molecule has 1 heterocycles. The van der Waals surface area contributed by atoms with Gasteiger partial charge in [-0.15, -0.1) is 11.3 Å². The predicted molar refractivity (Wildman–Crippen MR) is 92.6 cm³/mol. The smallest absolute Gasteiger partial charge is 0.347 e. The first-order valence-electron chi connectivity index (χ1n) is 7.61. The lowest BCUT2D eigenvalue weighted by molar-refractivity contribution is -0.155. The summed E-state index contributed by atoms with van der Waals surface area (Å²) in [6, 6.07) is 7.45. The number of aromatic nitrogens is 1. The van der Waals surface area contributed by atoms with E-state index in [1.54, 1.807) is 6.92 Å². The monoisotopic (exact) mass is 334 g/mol. The molecule has 0 bridgehead atoms. The molecule has 2 rings (SSSR count). The molecule has 2 unspecified atom stereocenters. The molecule has 0 aliphatic carbocycles. The quantitative estimate of drug-likeness (QED) is 0.813. The molecular formula is C17H22N2O3S. The van der Waals surface area contributed by atoms with Crippen LogP contribution in [0.4, 0.5) is 5.13 Å². The van der Waals surface area contributed by atoms with Crippen molar-refractivity contribution in [2.75, 3.05) is 5.73 Å². The maximum atomic E-state index is 11.9. The number of anilines is 1. The zero-order chi connectivity index (χ0) is 17.0. The molecule has 23 heavy (non-hydrogen) atoms. The van der Waals surface area contributed by atoms with E-state index < -0.39 is 6.10 Å². The Labute approximate surface area is 140 Å². The number of esters is 1. The van der Waals surface area contributed by atoms with E-state index in [0.29, 0.717) is 10.9 Å². The van der Waals surface area contributed by atoms with Crippen molar-refractivity contribution in [3.05, 3.63) is 29.1 Å². The number of ether oxygens (including phenoxy) is 2. The van der Waals surface area contributed by atoms with Crippen LogP contribution in [-0.2, 0) is 9.53 Å². The molecule has 5 nitrogen and oxygen atoms in total. The third kappa shape index (κ3) is 4.45. The van der Waals surface area contributed by atoms with Crippen LogP contribution >= 0.6 is 11.3 Å². The number of aryl methyl sites for hydroxylation is 1. The van der Waals surface area contributed by atoms with E-state index >= 15 is 0 Å². The zero-order valence-electron chi connectivity index (χ0n) is 13.8. The van der Waals surface area contributed by atoms with Gasteiger partial charge in [-0.3, -0.25) is 0 Å². The number of rotatable bonds is 6. The van der Waals surface area contributed by atoms with E-state index in [1.165, 1.54) is 11.3 Å². The van der Waals surface area contributed by atoms with E-state index in [1.807, 2.05) is 45.0 Å². The predicted octanol–water partition coefficient (Wildman–Crippen LogP) is 3.81. The summed E-state index contributed by atoms with van der Waals surface area (Å²) < 4.78 is 10.9. The van der Waals surface area contributed by atoms with Gasteiger partial charge in [0.25, 0.3) is 0 Å². The molecule has 0 radical (unpaired) electrons. The summed E-state index contributed by atoms with van der Waals surface area (Å²) in [5, 5.41) is 0.555. The summed E-state index contributed by atoms with van der Waals surface area (Å²) in [6.07, 6.45) is 0.0315. The van der Waals surface area contributed by atoms with Crippen molar-refractivity contribution in [2.24, 2.45) is 0 Å². The summed E-state index contributed by atoms with van der Waals surface area (Å²) in [7, 11) is 0. The average Bonchev–Trinajstić information content (AvgIpc) is 2.86. The first-order chi connectivity index (χ1) is 10.9. The second-order valence-corrected chi connectivity index (χ2v) is 6.63. The van der Waals surface area contributed by atoms with Gasteiger partial charge in [0.1, 0.15) is 5.75 Å². The summed E-state index contributed by atoms with van der Waals surface area (Å²) >= 11 is 1.46. The highest BCUT2D eigenvalue weighted by atomic mass is 32.1. The Hall–Kier alpha value is -2.08. The van der Waals surface area contributed by atoms with Crippen LogP contribution in [0.15, 0.2) is 24.3 Å². The third-order valence-corrected chi connectivity index (χ3v) is 4.28. The Bertz CT molecular complexity index is 667. The van der Waals surface area contributed by atoms with Gasteiger partial charge >= 0.3 is 5.97 Å². The lowest BCUT2D eigenvalue weighted by Crippen LogP contribution is -2.29. The Morgan fingerprint density at radius 3 is 2.48 bits per heavy atom. The number of benzene rings is 1. The minimum absolute atomic E-state index is 0.103. The third-order valence-electron chi connectivity index (χ3n) is 3.48. The van der Waals surface area contributed by atoms with Gasteiger partial charge in [-0.2, -0.15) is 0 Å². The molecule has 6 heteroatoms. The number of hydrogen-bond acceptors (Lipinski definition) is 6. The van der Waals surface area contributed by atoms with Crippen LogP contribution in [0.1, 0.15) is 32.1 Å². The van der Waals surface area contributed by atoms with E-state index in [9.17, 15) is 4.79 Å². The maximum absolute atomic E-state index is 11.9. The van der Waals surface area contributed by atoms with Crippen molar-refractivity contribution in [2.45, 2.75) is 46.3 Å². The first kappa shape index (κ1) is 17.3. The van der Waals surface area contributed by atoms with E-state index in [2.05, 4.69) is 4.98 Å². The van der Waals surface area contributed by atoms with Crippen LogP contribution in [0.5, 0.6) is 5.75 Å². The van der Waals surface area contributed by atoms with E-state index in [0.717, 1.165) is 22.6 Å². The Kier molecular flexibility index (Phi) is 5.60. The van der Waals surface area contributed by atoms with Crippen LogP contribution in [0.25, 0.3) is 11.3 Å². The van der Waals surface area contributed by atoms with Crippen LogP contribution < -0.4 is 10.5 Å². The highest BCUT2D eigenvalue weighted by Crippen LogP contribution is 2.30. The topological polar surface area (TPSA) is 74.4 Å². The summed E-state index contributed by atoms with van der Waals surface area (Å²) in [4.78, 5) is 17.3. The highest BCUT2D eigenvalue weighted by Gasteiger charge is 2.18. The average molecular weight is 334 g/mol. The molecule has 0 saturated heterocycles. The number of nitrogen functional groups attached to an aromatic ring is 1. The Morgan fingerprint density at radius 2 is 1.96 bits per heavy atom. The minimum Gasteiger partial charge on any atom is -0.479 e. The number of carbonyl (C=O) groups is 1. The largest absolute Gasteiger partial charge is 0.479 e. The number of hydrogen-bond donors (Lipinski definition) is 1. The molecule has 0 aliphatic heterocycles. The normalized spacial score (nSPS) is 13.4. The molecule has 1 aromatic heterocycles. The van der Waals surface area contributed by atoms with Gasteiger partial charge in [0.05, 0.1) is 11.8 Å². The fraction of sp³-hybridized carbons (Fsp3) is 0.412. The summed E-state index contributed by atoms with van der Waals surface area (Å²) in [6.45, 7) is 7.50. The molecule has 0 spiro atoms. The number of thiazole rings is 1.